The second-order valence-corrected chi connectivity index (χ2v) is 18.7. The van der Waals surface area contributed by atoms with Crippen LogP contribution >= 0.6 is 0 Å². The van der Waals surface area contributed by atoms with Gasteiger partial charge in [0.05, 0.1) is 48.8 Å². The molecule has 59 heavy (non-hydrogen) atoms. The Hall–Kier alpha value is -3.85. The van der Waals surface area contributed by atoms with Crippen LogP contribution < -0.4 is 33.8 Å². The van der Waals surface area contributed by atoms with Gasteiger partial charge in [0.25, 0.3) is 0 Å². The minimum atomic E-state index is -0.327. The van der Waals surface area contributed by atoms with E-state index in [2.05, 4.69) is 47.6 Å². The van der Waals surface area contributed by atoms with E-state index in [1.807, 2.05) is 0 Å². The van der Waals surface area contributed by atoms with Crippen LogP contribution in [0.15, 0.2) is 45.1 Å². The molecule has 0 unspecified atom stereocenters. The van der Waals surface area contributed by atoms with E-state index in [1.54, 1.807) is 30.9 Å². The number of aliphatic hydroxyl groups excluding tert-OH is 1. The summed E-state index contributed by atoms with van der Waals surface area (Å²) in [6.07, 6.45) is 17.1. The maximum absolute atomic E-state index is 13.0. The number of fused-ring (bicyclic) bond motifs is 6. The number of benzene rings is 2. The third-order valence-electron chi connectivity index (χ3n) is 15.8. The lowest BCUT2D eigenvalue weighted by atomic mass is 9.47. The summed E-state index contributed by atoms with van der Waals surface area (Å²) in [6.45, 7) is 15.1. The lowest BCUT2D eigenvalue weighted by Crippen LogP contribution is -2.50. The summed E-state index contributed by atoms with van der Waals surface area (Å²) in [5.74, 6) is 8.61. The average molecular weight is 817 g/mol. The highest BCUT2D eigenvalue weighted by Gasteiger charge is 2.59. The molecule has 0 saturated heterocycles. The van der Waals surface area contributed by atoms with Crippen molar-refractivity contribution in [3.63, 3.8) is 0 Å². The first-order valence-corrected chi connectivity index (χ1v) is 22.2. The fourth-order valence-corrected chi connectivity index (χ4v) is 12.5. The summed E-state index contributed by atoms with van der Waals surface area (Å²) in [4.78, 5) is 13.0. The molecule has 0 spiro atoms. The molecule has 0 aliphatic heterocycles. The minimum absolute atomic E-state index is 0.0794. The van der Waals surface area contributed by atoms with Crippen LogP contribution in [0, 0.1) is 52.3 Å². The number of methoxy groups -OCH3 is 6. The number of ether oxygens (including phenoxy) is 6. The predicted octanol–water partition coefficient (Wildman–Crippen LogP) is 11.5. The zero-order valence-corrected chi connectivity index (χ0v) is 38.0. The highest BCUT2D eigenvalue weighted by Crippen LogP contribution is 2.67. The van der Waals surface area contributed by atoms with E-state index in [9.17, 15) is 9.90 Å². The lowest BCUT2D eigenvalue weighted by Gasteiger charge is -2.58. The number of hydrogen-bond donors (Lipinski definition) is 1. The smallest absolute Gasteiger partial charge is 0.211 e. The van der Waals surface area contributed by atoms with Crippen molar-refractivity contribution in [1.29, 1.82) is 0 Å². The molecule has 7 rings (SSSR count). The average Bonchev–Trinajstić information content (AvgIpc) is 3.60. The zero-order chi connectivity index (χ0) is 42.8. The molecular weight excluding hydrogens is 745 g/mol. The maximum Gasteiger partial charge on any atom is 0.211 e. The van der Waals surface area contributed by atoms with Gasteiger partial charge >= 0.3 is 0 Å². The SMILES string of the molecule is CC[C@H](CC[C@@H](C)[C@H]1CC[C@H]2[C@@H]3CC=C4C[C@@H](O)CC[C@]4(C)[C@H]3CC[C@]12C)C(C)C.COc1ccc(-c2cc(=O)c3c(OC)c(OC)c(OC)c(OC)c3o2)cc1OC. The van der Waals surface area contributed by atoms with E-state index < -0.39 is 0 Å². The van der Waals surface area contributed by atoms with E-state index in [-0.39, 0.29) is 45.5 Å². The summed E-state index contributed by atoms with van der Waals surface area (Å²) in [6, 6.07) is 6.57. The van der Waals surface area contributed by atoms with Crippen LogP contribution in [0.1, 0.15) is 112 Å². The largest absolute Gasteiger partial charge is 0.493 e. The van der Waals surface area contributed by atoms with Crippen molar-refractivity contribution in [3.05, 3.63) is 46.1 Å². The van der Waals surface area contributed by atoms with Gasteiger partial charge in [-0.05, 0) is 128 Å². The fourth-order valence-electron chi connectivity index (χ4n) is 12.5. The molecule has 4 aliphatic rings. The standard InChI is InChI=1S/C29H50O.C21H22O8/c1-7-21(19(2)3)9-8-20(4)25-12-13-26-24-11-10-22-18-23(30)14-16-28(22,5)27(24)15-17-29(25,26)6;1-23-13-8-7-11(9-15(13)24-2)14-10-12(22)16-17(25-3)19(26-4)21(28-6)20(27-5)18(16)29-14/h10,19-21,23-27,30H,7-9,11-18H2,1-6H3;7-10H,1-6H3/t20-,21-,23+,24+,25-,26+,27+,28+,29-;/m1./s1. The Balaban J connectivity index is 0.000000199. The highest BCUT2D eigenvalue weighted by atomic mass is 16.5. The van der Waals surface area contributed by atoms with Gasteiger partial charge in [0.1, 0.15) is 11.1 Å². The molecule has 0 amide bonds. The van der Waals surface area contributed by atoms with Crippen molar-refractivity contribution < 1.29 is 37.9 Å². The molecule has 9 nitrogen and oxygen atoms in total. The molecule has 326 valence electrons. The maximum atomic E-state index is 13.0. The van der Waals surface area contributed by atoms with Crippen LogP contribution in [0.2, 0.25) is 0 Å². The van der Waals surface area contributed by atoms with E-state index >= 15 is 0 Å². The van der Waals surface area contributed by atoms with Gasteiger partial charge in [-0.2, -0.15) is 0 Å². The first kappa shape index (κ1) is 44.7. The molecule has 3 saturated carbocycles. The number of hydrogen-bond acceptors (Lipinski definition) is 9. The fraction of sp³-hybridized carbons (Fsp3) is 0.660. The number of aliphatic hydroxyl groups is 1. The monoisotopic (exact) mass is 817 g/mol. The van der Waals surface area contributed by atoms with Crippen LogP contribution in [-0.4, -0.2) is 53.9 Å². The Morgan fingerprint density at radius 3 is 2.08 bits per heavy atom. The van der Waals surface area contributed by atoms with Crippen LogP contribution in [0.4, 0.5) is 0 Å². The number of allylic oxidation sites excluding steroid dienone is 1. The predicted molar refractivity (Wildman–Crippen MR) is 235 cm³/mol. The Morgan fingerprint density at radius 2 is 1.46 bits per heavy atom. The van der Waals surface area contributed by atoms with Crippen LogP contribution in [0.5, 0.6) is 34.5 Å². The quantitative estimate of drug-likeness (QED) is 0.169. The molecule has 1 heterocycles. The third-order valence-corrected chi connectivity index (χ3v) is 15.8. The molecule has 0 radical (unpaired) electrons. The molecule has 0 bridgehead atoms. The van der Waals surface area contributed by atoms with E-state index in [0.717, 1.165) is 54.3 Å². The molecule has 2 aromatic carbocycles. The van der Waals surface area contributed by atoms with Crippen LogP contribution in [-0.2, 0) is 0 Å². The van der Waals surface area contributed by atoms with Gasteiger partial charge in [0.2, 0.25) is 17.2 Å². The van der Waals surface area contributed by atoms with E-state index in [4.69, 9.17) is 32.8 Å². The van der Waals surface area contributed by atoms with Gasteiger partial charge in [-0.25, -0.2) is 0 Å². The molecular formula is C50H72O9. The zero-order valence-electron chi connectivity index (χ0n) is 38.0. The van der Waals surface area contributed by atoms with Gasteiger partial charge < -0.3 is 37.9 Å². The van der Waals surface area contributed by atoms with Crippen LogP contribution in [0.25, 0.3) is 22.3 Å². The molecule has 4 aliphatic carbocycles. The molecule has 9 atom stereocenters. The summed E-state index contributed by atoms with van der Waals surface area (Å²) < 4.78 is 38.4. The molecule has 3 fully saturated rings. The highest BCUT2D eigenvalue weighted by molar-refractivity contribution is 5.95. The second kappa shape index (κ2) is 18.4. The Labute approximate surface area is 353 Å². The summed E-state index contributed by atoms with van der Waals surface area (Å²) in [7, 11) is 8.87. The van der Waals surface area contributed by atoms with Gasteiger partial charge in [-0.15, -0.1) is 0 Å². The van der Waals surface area contributed by atoms with Gasteiger partial charge in [-0.3, -0.25) is 4.79 Å². The van der Waals surface area contributed by atoms with Crippen LogP contribution in [0.3, 0.4) is 0 Å². The van der Waals surface area contributed by atoms with Crippen molar-refractivity contribution in [1.82, 2.24) is 0 Å². The van der Waals surface area contributed by atoms with Crippen molar-refractivity contribution in [2.45, 2.75) is 118 Å². The summed E-state index contributed by atoms with van der Waals surface area (Å²) in [5.41, 5.74) is 3.06. The van der Waals surface area contributed by atoms with Gasteiger partial charge in [-0.1, -0.05) is 66.0 Å². The Kier molecular flexibility index (Phi) is 13.9. The number of rotatable bonds is 13. The van der Waals surface area contributed by atoms with Gasteiger partial charge in [0.15, 0.2) is 28.3 Å². The Morgan fingerprint density at radius 1 is 0.780 bits per heavy atom. The third kappa shape index (κ3) is 8.18. The minimum Gasteiger partial charge on any atom is -0.493 e. The second-order valence-electron chi connectivity index (χ2n) is 18.7. The van der Waals surface area contributed by atoms with Gasteiger partial charge in [0, 0.05) is 11.6 Å². The topological polar surface area (TPSA) is 106 Å². The van der Waals surface area contributed by atoms with Crippen molar-refractivity contribution in [2.24, 2.45) is 52.3 Å². The normalized spacial score (nSPS) is 28.2. The molecule has 9 heteroatoms. The first-order valence-electron chi connectivity index (χ1n) is 22.2. The molecule has 1 N–H and O–H groups in total. The van der Waals surface area contributed by atoms with E-state index in [1.165, 1.54) is 99.4 Å². The summed E-state index contributed by atoms with van der Waals surface area (Å²) >= 11 is 0. The lowest BCUT2D eigenvalue weighted by molar-refractivity contribution is -0.0575. The summed E-state index contributed by atoms with van der Waals surface area (Å²) in [5, 5.41) is 10.4. The first-order chi connectivity index (χ1) is 28.2. The molecule has 3 aromatic rings. The Bertz CT molecular complexity index is 2020. The van der Waals surface area contributed by atoms with Crippen molar-refractivity contribution in [2.75, 3.05) is 42.7 Å². The van der Waals surface area contributed by atoms with E-state index in [0.29, 0.717) is 33.7 Å². The van der Waals surface area contributed by atoms with Crippen molar-refractivity contribution >= 4 is 11.0 Å². The van der Waals surface area contributed by atoms with Crippen molar-refractivity contribution in [3.8, 4) is 45.8 Å². The molecule has 1 aromatic heterocycles.